The molecule has 0 aromatic heterocycles. The van der Waals surface area contributed by atoms with Crippen LogP contribution in [0.4, 0.5) is 0 Å². The van der Waals surface area contributed by atoms with Crippen molar-refractivity contribution in [2.24, 2.45) is 0 Å². The Morgan fingerprint density at radius 3 is 2.62 bits per heavy atom. The van der Waals surface area contributed by atoms with E-state index in [-0.39, 0.29) is 5.60 Å². The molecule has 0 amide bonds. The van der Waals surface area contributed by atoms with Crippen LogP contribution in [-0.2, 0) is 0 Å². The number of β-amino-alcohol motifs (C(OH)–C–C–N with tert-alkyl or cyclic N) is 1. The highest BCUT2D eigenvalue weighted by Crippen LogP contribution is 2.45. The number of rotatable bonds is 4. The van der Waals surface area contributed by atoms with E-state index in [1.165, 1.54) is 0 Å². The molecule has 2 heterocycles. The summed E-state index contributed by atoms with van der Waals surface area (Å²) in [6.45, 7) is 2.09. The third kappa shape index (κ3) is 4.35. The van der Waals surface area contributed by atoms with Gasteiger partial charge in [0.05, 0.1) is 29.4 Å². The first-order valence-electron chi connectivity index (χ1n) is 9.79. The first-order chi connectivity index (χ1) is 13.9. The second-order valence-electron chi connectivity index (χ2n) is 7.90. The molecular formula is C22H25Cl2NO4. The molecule has 2 N–H and O–H groups in total. The van der Waals surface area contributed by atoms with Gasteiger partial charge in [-0.3, -0.25) is 0 Å². The second kappa shape index (κ2) is 8.32. The van der Waals surface area contributed by atoms with Gasteiger partial charge in [-0.2, -0.15) is 0 Å². The Morgan fingerprint density at radius 2 is 1.93 bits per heavy atom. The average molecular weight is 438 g/mol. The topological polar surface area (TPSA) is 62.2 Å². The minimum Gasteiger partial charge on any atom is -0.497 e. The number of fused-ring (bicyclic) bond motifs is 1. The van der Waals surface area contributed by atoms with Crippen LogP contribution in [0.1, 0.15) is 42.6 Å². The number of benzene rings is 2. The highest BCUT2D eigenvalue weighted by Gasteiger charge is 2.43. The number of hydrogen-bond acceptors (Lipinski definition) is 5. The van der Waals surface area contributed by atoms with Crippen molar-refractivity contribution in [3.05, 3.63) is 57.6 Å². The van der Waals surface area contributed by atoms with Gasteiger partial charge in [-0.15, -0.1) is 0 Å². The number of ether oxygens (including phenoxy) is 2. The molecule has 2 aliphatic rings. The minimum atomic E-state index is -0.634. The first-order valence-corrected chi connectivity index (χ1v) is 10.6. The van der Waals surface area contributed by atoms with Gasteiger partial charge in [0.25, 0.3) is 0 Å². The standard InChI is InChI=1S/C22H25Cl2NO4/c1-28-15-3-5-21-16(11-15)19(26)12-22(29-21)6-8-25(9-7-22)13-20(27)14-2-4-17(23)18(24)10-14/h2-5,10-11,19-20,26-27H,6-9,12-13H2,1H3. The maximum Gasteiger partial charge on any atom is 0.126 e. The largest absolute Gasteiger partial charge is 0.497 e. The van der Waals surface area contributed by atoms with Crippen molar-refractivity contribution >= 4 is 23.2 Å². The lowest BCUT2D eigenvalue weighted by Gasteiger charge is -2.46. The number of hydrogen-bond donors (Lipinski definition) is 2. The van der Waals surface area contributed by atoms with E-state index in [4.69, 9.17) is 32.7 Å². The van der Waals surface area contributed by atoms with Crippen LogP contribution in [0, 0.1) is 0 Å². The Kier molecular flexibility index (Phi) is 5.96. The van der Waals surface area contributed by atoms with Crippen LogP contribution in [0.25, 0.3) is 0 Å². The van der Waals surface area contributed by atoms with Crippen molar-refractivity contribution in [3.63, 3.8) is 0 Å². The molecule has 4 rings (SSSR count). The van der Waals surface area contributed by atoms with Gasteiger partial charge in [-0.25, -0.2) is 0 Å². The van der Waals surface area contributed by atoms with Crippen LogP contribution in [0.2, 0.25) is 10.0 Å². The fraction of sp³-hybridized carbons (Fsp3) is 0.455. The minimum absolute atomic E-state index is 0.369. The summed E-state index contributed by atoms with van der Waals surface area (Å²) in [5.41, 5.74) is 1.17. The second-order valence-corrected chi connectivity index (χ2v) is 8.71. The zero-order valence-electron chi connectivity index (χ0n) is 16.3. The van der Waals surface area contributed by atoms with Gasteiger partial charge < -0.3 is 24.6 Å². The molecule has 2 aliphatic heterocycles. The molecule has 5 nitrogen and oxygen atoms in total. The molecule has 7 heteroatoms. The Hall–Kier alpha value is -1.50. The van der Waals surface area contributed by atoms with Crippen molar-refractivity contribution in [3.8, 4) is 11.5 Å². The zero-order chi connectivity index (χ0) is 20.6. The molecule has 1 saturated heterocycles. The number of methoxy groups -OCH3 is 1. The van der Waals surface area contributed by atoms with Crippen molar-refractivity contribution in [1.29, 1.82) is 0 Å². The van der Waals surface area contributed by atoms with Gasteiger partial charge in [-0.05, 0) is 48.7 Å². The lowest BCUT2D eigenvalue weighted by Crippen LogP contribution is -2.51. The van der Waals surface area contributed by atoms with Crippen LogP contribution in [0.15, 0.2) is 36.4 Å². The van der Waals surface area contributed by atoms with Crippen molar-refractivity contribution in [2.45, 2.75) is 37.1 Å². The molecule has 2 atom stereocenters. The maximum atomic E-state index is 10.7. The SMILES string of the molecule is COc1ccc2c(c1)C(O)CC1(CCN(CC(O)c3ccc(Cl)c(Cl)c3)CC1)O2. The van der Waals surface area contributed by atoms with Crippen molar-refractivity contribution in [2.75, 3.05) is 26.7 Å². The van der Waals surface area contributed by atoms with E-state index in [1.807, 2.05) is 18.2 Å². The number of aliphatic hydroxyl groups excluding tert-OH is 2. The highest BCUT2D eigenvalue weighted by molar-refractivity contribution is 6.42. The fourth-order valence-electron chi connectivity index (χ4n) is 4.26. The molecule has 156 valence electrons. The lowest BCUT2D eigenvalue weighted by molar-refractivity contribution is -0.0588. The Morgan fingerprint density at radius 1 is 1.17 bits per heavy atom. The summed E-state index contributed by atoms with van der Waals surface area (Å²) in [5, 5.41) is 22.2. The van der Waals surface area contributed by atoms with Crippen LogP contribution in [0.5, 0.6) is 11.5 Å². The Labute approximate surface area is 180 Å². The molecule has 1 fully saturated rings. The Bertz CT molecular complexity index is 883. The van der Waals surface area contributed by atoms with Gasteiger partial charge in [-0.1, -0.05) is 29.3 Å². The summed E-state index contributed by atoms with van der Waals surface area (Å²) in [7, 11) is 1.61. The van der Waals surface area contributed by atoms with Crippen LogP contribution < -0.4 is 9.47 Å². The molecule has 29 heavy (non-hydrogen) atoms. The molecule has 0 bridgehead atoms. The lowest BCUT2D eigenvalue weighted by atomic mass is 9.81. The average Bonchev–Trinajstić information content (AvgIpc) is 2.71. The molecule has 0 saturated carbocycles. The highest BCUT2D eigenvalue weighted by atomic mass is 35.5. The number of nitrogens with zero attached hydrogens (tertiary/aromatic N) is 1. The molecule has 0 radical (unpaired) electrons. The smallest absolute Gasteiger partial charge is 0.126 e. The molecule has 2 aromatic rings. The van der Waals surface area contributed by atoms with E-state index in [2.05, 4.69) is 4.90 Å². The third-order valence-electron chi connectivity index (χ3n) is 5.99. The number of piperidine rings is 1. The quantitative estimate of drug-likeness (QED) is 0.742. The number of halogens is 2. The van der Waals surface area contributed by atoms with Crippen LogP contribution in [0.3, 0.4) is 0 Å². The molecule has 2 unspecified atom stereocenters. The van der Waals surface area contributed by atoms with Crippen LogP contribution >= 0.6 is 23.2 Å². The molecular weight excluding hydrogens is 413 g/mol. The van der Waals surface area contributed by atoms with Crippen molar-refractivity contribution in [1.82, 2.24) is 4.90 Å². The summed E-state index contributed by atoms with van der Waals surface area (Å²) in [6.07, 6.45) is 0.955. The normalized spacial score (nSPS) is 22.0. The van der Waals surface area contributed by atoms with Gasteiger partial charge in [0, 0.05) is 31.6 Å². The summed E-state index contributed by atoms with van der Waals surface area (Å²) < 4.78 is 11.6. The number of likely N-dealkylation sites (tertiary alicyclic amines) is 1. The van der Waals surface area contributed by atoms with E-state index >= 15 is 0 Å². The summed E-state index contributed by atoms with van der Waals surface area (Å²) in [6, 6.07) is 10.8. The predicted molar refractivity (Wildman–Crippen MR) is 113 cm³/mol. The van der Waals surface area contributed by atoms with Crippen molar-refractivity contribution < 1.29 is 19.7 Å². The van der Waals surface area contributed by atoms with E-state index < -0.39 is 12.2 Å². The van der Waals surface area contributed by atoms with Gasteiger partial charge in [0.1, 0.15) is 17.1 Å². The number of aliphatic hydroxyl groups is 2. The van der Waals surface area contributed by atoms with Crippen LogP contribution in [-0.4, -0.2) is 47.5 Å². The molecule has 0 aliphatic carbocycles. The monoisotopic (exact) mass is 437 g/mol. The van der Waals surface area contributed by atoms with E-state index in [1.54, 1.807) is 25.3 Å². The van der Waals surface area contributed by atoms with Gasteiger partial charge in [0.15, 0.2) is 0 Å². The van der Waals surface area contributed by atoms with Gasteiger partial charge in [0.2, 0.25) is 0 Å². The fourth-order valence-corrected chi connectivity index (χ4v) is 4.57. The first kappa shape index (κ1) is 20.8. The molecule has 1 spiro atoms. The summed E-state index contributed by atoms with van der Waals surface area (Å²) >= 11 is 12.0. The van der Waals surface area contributed by atoms with E-state index in [0.717, 1.165) is 42.8 Å². The summed E-state index contributed by atoms with van der Waals surface area (Å²) in [5.74, 6) is 1.45. The third-order valence-corrected chi connectivity index (χ3v) is 6.73. The molecule has 2 aromatic carbocycles. The van der Waals surface area contributed by atoms with Gasteiger partial charge >= 0.3 is 0 Å². The predicted octanol–water partition coefficient (Wildman–Crippen LogP) is 4.39. The van der Waals surface area contributed by atoms with E-state index in [0.29, 0.717) is 28.8 Å². The maximum absolute atomic E-state index is 10.7. The summed E-state index contributed by atoms with van der Waals surface area (Å²) in [4.78, 5) is 2.22. The van der Waals surface area contributed by atoms with E-state index in [9.17, 15) is 10.2 Å². The Balaban J connectivity index is 1.39. The zero-order valence-corrected chi connectivity index (χ0v) is 17.8.